The van der Waals surface area contributed by atoms with Gasteiger partial charge in [-0.1, -0.05) is 6.07 Å². The number of alkyl halides is 4. The lowest BCUT2D eigenvalue weighted by atomic mass is 9.90. The number of benzene rings is 2. The summed E-state index contributed by atoms with van der Waals surface area (Å²) in [5, 5.41) is 9.18. The number of aromatic nitrogens is 2. The van der Waals surface area contributed by atoms with Crippen molar-refractivity contribution in [1.82, 2.24) is 14.9 Å². The van der Waals surface area contributed by atoms with Crippen molar-refractivity contribution in [2.24, 2.45) is 0 Å². The summed E-state index contributed by atoms with van der Waals surface area (Å²) in [5.41, 5.74) is 2.77. The van der Waals surface area contributed by atoms with Gasteiger partial charge in [-0.25, -0.2) is 13.2 Å². The number of anilines is 2. The number of thiophene rings is 1. The van der Waals surface area contributed by atoms with Crippen LogP contribution in [0.15, 0.2) is 18.2 Å². The highest BCUT2D eigenvalue weighted by atomic mass is 32.1. The van der Waals surface area contributed by atoms with Crippen molar-refractivity contribution in [3.63, 3.8) is 0 Å². The molecule has 0 radical (unpaired) electrons. The second kappa shape index (κ2) is 11.8. The van der Waals surface area contributed by atoms with Crippen molar-refractivity contribution in [2.45, 2.75) is 63.0 Å². The fourth-order valence-electron chi connectivity index (χ4n) is 6.52. The third-order valence-corrected chi connectivity index (χ3v) is 10.0. The average Bonchev–Trinajstić information content (AvgIpc) is 3.65. The quantitative estimate of drug-likeness (QED) is 0.230. The van der Waals surface area contributed by atoms with Crippen LogP contribution in [0, 0.1) is 23.0 Å². The van der Waals surface area contributed by atoms with E-state index in [-0.39, 0.29) is 55.0 Å². The summed E-state index contributed by atoms with van der Waals surface area (Å²) in [6, 6.07) is 4.98. The van der Waals surface area contributed by atoms with E-state index in [0.29, 0.717) is 23.9 Å². The number of nitrogen functional groups attached to an aromatic ring is 1. The Morgan fingerprint density at radius 3 is 2.53 bits per heavy atom. The molecule has 2 unspecified atom stereocenters. The van der Waals surface area contributed by atoms with Crippen LogP contribution in [0.5, 0.6) is 6.01 Å². The molecule has 0 amide bonds. The lowest BCUT2D eigenvalue weighted by Gasteiger charge is -2.36. The number of nitriles is 1. The van der Waals surface area contributed by atoms with Crippen molar-refractivity contribution >= 4 is 43.1 Å². The summed E-state index contributed by atoms with van der Waals surface area (Å²) >= 11 is 0.710. The van der Waals surface area contributed by atoms with E-state index in [2.05, 4.69) is 14.9 Å². The highest BCUT2D eigenvalue weighted by molar-refractivity contribution is 7.23. The van der Waals surface area contributed by atoms with Crippen LogP contribution in [0.1, 0.15) is 49.7 Å². The minimum Gasteiger partial charge on any atom is -0.467 e. The molecule has 1 saturated carbocycles. The fourth-order valence-corrected chi connectivity index (χ4v) is 7.47. The van der Waals surface area contributed by atoms with Gasteiger partial charge in [-0.3, -0.25) is 4.90 Å². The molecular weight excluding hydrogens is 618 g/mol. The Kier molecular flexibility index (Phi) is 8.19. The van der Waals surface area contributed by atoms with E-state index in [1.165, 1.54) is 20.0 Å². The number of nitrogens with zero attached hydrogens (tertiary/aromatic N) is 5. The lowest BCUT2D eigenvalue weighted by molar-refractivity contribution is -0.137. The second-order valence-electron chi connectivity index (χ2n) is 11.6. The number of ether oxygens (including phenoxy) is 1. The number of hydrogen-bond donors (Lipinski definition) is 1. The minimum absolute atomic E-state index is 0.0357. The van der Waals surface area contributed by atoms with Crippen molar-refractivity contribution in [2.75, 3.05) is 37.9 Å². The van der Waals surface area contributed by atoms with Crippen molar-refractivity contribution in [3.8, 4) is 23.2 Å². The fraction of sp³-hybridized carbons (Fsp3) is 0.452. The summed E-state index contributed by atoms with van der Waals surface area (Å²) in [6.07, 6.45) is 0.425. The molecule has 1 aliphatic carbocycles. The summed E-state index contributed by atoms with van der Waals surface area (Å²) in [5.74, 6) is -1.96. The highest BCUT2D eigenvalue weighted by Crippen LogP contribution is 2.48. The van der Waals surface area contributed by atoms with Gasteiger partial charge in [-0.2, -0.15) is 28.4 Å². The van der Waals surface area contributed by atoms with E-state index in [1.54, 1.807) is 18.0 Å². The maximum atomic E-state index is 16.2. The van der Waals surface area contributed by atoms with Crippen LogP contribution < -0.4 is 15.4 Å². The van der Waals surface area contributed by atoms with E-state index < -0.39 is 35.1 Å². The van der Waals surface area contributed by atoms with Crippen LogP contribution in [-0.4, -0.2) is 60.4 Å². The van der Waals surface area contributed by atoms with Crippen LogP contribution in [-0.2, 0) is 6.18 Å². The van der Waals surface area contributed by atoms with Gasteiger partial charge in [0.2, 0.25) is 0 Å². The molecule has 2 saturated heterocycles. The first-order chi connectivity index (χ1) is 21.4. The molecule has 0 spiro atoms. The van der Waals surface area contributed by atoms with Crippen LogP contribution in [0.4, 0.5) is 37.2 Å². The summed E-state index contributed by atoms with van der Waals surface area (Å²) in [4.78, 5) is 12.3. The number of nitrogens with two attached hydrogens (primary N) is 1. The number of fused-ring (bicyclic) bond motifs is 3. The van der Waals surface area contributed by atoms with Crippen LogP contribution >= 0.6 is 11.3 Å². The van der Waals surface area contributed by atoms with Crippen LogP contribution in [0.2, 0.25) is 0 Å². The normalized spacial score (nSPS) is 20.1. The molecule has 3 fully saturated rings. The zero-order chi connectivity index (χ0) is 32.2. The van der Waals surface area contributed by atoms with Gasteiger partial charge in [0, 0.05) is 42.0 Å². The first-order valence-corrected chi connectivity index (χ1v) is 15.4. The molecule has 7 nitrogen and oxygen atoms in total. The maximum absolute atomic E-state index is 16.2. The zero-order valence-electron chi connectivity index (χ0n) is 24.5. The standard InChI is InChI=1S/C24H18F5N5OS.C7H12FN/c1-34(10-4-3-5-10)22-12-8-14(24(27,28)29)17(18(26)19(12)32-23(33-22)35-2)11-6-7-15(25)20-16(11)13(9-30)21(31)36-20;8-6-4-7-2-1-3-9(7)5-6/h6-8,10H,3-5,31H2,1-2H3;6-7H,1-5H2. The molecule has 2 aromatic heterocycles. The van der Waals surface area contributed by atoms with Crippen molar-refractivity contribution in [1.29, 1.82) is 5.26 Å². The topological polar surface area (TPSA) is 91.3 Å². The molecule has 45 heavy (non-hydrogen) atoms. The van der Waals surface area contributed by atoms with Crippen molar-refractivity contribution in [3.05, 3.63) is 41.0 Å². The van der Waals surface area contributed by atoms with Gasteiger partial charge in [0.1, 0.15) is 34.4 Å². The Balaban J connectivity index is 0.000000337. The number of hydrogen-bond acceptors (Lipinski definition) is 8. The Bertz CT molecular complexity index is 1810. The number of halogens is 6. The lowest BCUT2D eigenvalue weighted by Crippen LogP contribution is -2.37. The molecular formula is C31H30F6N6OS. The Hall–Kier alpha value is -3.83. The van der Waals surface area contributed by atoms with E-state index >= 15 is 4.39 Å². The third-order valence-electron chi connectivity index (χ3n) is 8.99. The predicted octanol–water partition coefficient (Wildman–Crippen LogP) is 7.45. The highest BCUT2D eigenvalue weighted by Gasteiger charge is 2.39. The van der Waals surface area contributed by atoms with Gasteiger partial charge in [0.05, 0.1) is 22.9 Å². The minimum atomic E-state index is -4.99. The van der Waals surface area contributed by atoms with Gasteiger partial charge in [-0.15, -0.1) is 11.3 Å². The summed E-state index contributed by atoms with van der Waals surface area (Å²) in [6.45, 7) is 1.86. The molecule has 4 heterocycles. The van der Waals surface area contributed by atoms with Gasteiger partial charge in [0.15, 0.2) is 5.82 Å². The molecule has 2 N–H and O–H groups in total. The van der Waals surface area contributed by atoms with E-state index in [9.17, 15) is 27.2 Å². The van der Waals surface area contributed by atoms with Crippen LogP contribution in [0.3, 0.4) is 0 Å². The van der Waals surface area contributed by atoms with Crippen LogP contribution in [0.25, 0.3) is 32.1 Å². The summed E-state index contributed by atoms with van der Waals surface area (Å²) < 4.78 is 91.6. The zero-order valence-corrected chi connectivity index (χ0v) is 25.3. The SMILES string of the molecule is COc1nc(N(C)C2CCC2)c2cc(C(F)(F)F)c(-c3ccc(F)c4sc(N)c(C#N)c34)c(F)c2n1.FC1CC2CCCN2C1. The van der Waals surface area contributed by atoms with E-state index in [0.717, 1.165) is 50.4 Å². The maximum Gasteiger partial charge on any atom is 0.417 e. The van der Waals surface area contributed by atoms with Gasteiger partial charge >= 0.3 is 12.2 Å². The Morgan fingerprint density at radius 1 is 1.16 bits per heavy atom. The van der Waals surface area contributed by atoms with E-state index in [1.807, 2.05) is 0 Å². The van der Waals surface area contributed by atoms with Gasteiger partial charge < -0.3 is 15.4 Å². The molecule has 2 atom stereocenters. The number of methoxy groups -OCH3 is 1. The average molecular weight is 649 g/mol. The molecule has 238 valence electrons. The molecule has 2 aliphatic heterocycles. The molecule has 14 heteroatoms. The molecule has 2 aromatic carbocycles. The Labute approximate surface area is 259 Å². The first kappa shape index (κ1) is 31.2. The van der Waals surface area contributed by atoms with Crippen molar-refractivity contribution < 1.29 is 31.1 Å². The summed E-state index contributed by atoms with van der Waals surface area (Å²) in [7, 11) is 2.95. The molecule has 3 aliphatic rings. The smallest absolute Gasteiger partial charge is 0.417 e. The third kappa shape index (κ3) is 5.50. The Morgan fingerprint density at radius 2 is 1.91 bits per heavy atom. The number of rotatable bonds is 4. The van der Waals surface area contributed by atoms with Gasteiger partial charge in [0.25, 0.3) is 0 Å². The van der Waals surface area contributed by atoms with Gasteiger partial charge in [-0.05, 0) is 62.8 Å². The van der Waals surface area contributed by atoms with E-state index in [4.69, 9.17) is 10.5 Å². The second-order valence-corrected chi connectivity index (χ2v) is 12.7. The molecule has 4 aromatic rings. The first-order valence-electron chi connectivity index (χ1n) is 14.6. The monoisotopic (exact) mass is 648 g/mol. The molecule has 0 bridgehead atoms. The molecule has 7 rings (SSSR count). The largest absolute Gasteiger partial charge is 0.467 e. The predicted molar refractivity (Wildman–Crippen MR) is 161 cm³/mol.